The maximum absolute atomic E-state index is 12.7. The molecule has 5 nitrogen and oxygen atoms in total. The lowest BCUT2D eigenvalue weighted by molar-refractivity contribution is -0.915. The summed E-state index contributed by atoms with van der Waals surface area (Å²) in [6, 6.07) is 9.54. The maximum atomic E-state index is 12.7. The van der Waals surface area contributed by atoms with E-state index in [0.29, 0.717) is 12.1 Å². The first-order chi connectivity index (χ1) is 12.4. The summed E-state index contributed by atoms with van der Waals surface area (Å²) >= 11 is 0. The van der Waals surface area contributed by atoms with Crippen molar-refractivity contribution >= 4 is 17.4 Å². The van der Waals surface area contributed by atoms with Gasteiger partial charge in [0, 0.05) is 22.5 Å². The zero-order valence-electron chi connectivity index (χ0n) is 16.5. The second-order valence-electron chi connectivity index (χ2n) is 6.82. The van der Waals surface area contributed by atoms with Crippen LogP contribution in [0.2, 0.25) is 0 Å². The summed E-state index contributed by atoms with van der Waals surface area (Å²) in [6.07, 6.45) is 0. The summed E-state index contributed by atoms with van der Waals surface area (Å²) in [5, 5.41) is 3.07. The van der Waals surface area contributed by atoms with E-state index >= 15 is 0 Å². The van der Waals surface area contributed by atoms with Crippen LogP contribution >= 0.6 is 0 Å². The number of nitrogens with zero attached hydrogens (tertiary/aromatic N) is 1. The fraction of sp³-hybridized carbons (Fsp3) is 0.429. The van der Waals surface area contributed by atoms with Gasteiger partial charge < -0.3 is 14.8 Å². The number of rotatable bonds is 8. The first kappa shape index (κ1) is 19.9. The van der Waals surface area contributed by atoms with Crippen LogP contribution in [0.15, 0.2) is 30.3 Å². The summed E-state index contributed by atoms with van der Waals surface area (Å²) in [5.74, 6) is 0.0421. The quantitative estimate of drug-likeness (QED) is 0.554. The summed E-state index contributed by atoms with van der Waals surface area (Å²) < 4.78 is 0.768. The molecule has 0 spiro atoms. The molecule has 0 aliphatic heterocycles. The Hall–Kier alpha value is -2.40. The lowest BCUT2D eigenvalue weighted by Gasteiger charge is -2.35. The van der Waals surface area contributed by atoms with E-state index in [-0.39, 0.29) is 11.7 Å². The van der Waals surface area contributed by atoms with Crippen molar-refractivity contribution in [2.45, 2.75) is 34.6 Å². The number of hydrogen-bond donors (Lipinski definition) is 2. The van der Waals surface area contributed by atoms with Gasteiger partial charge in [-0.15, -0.1) is 0 Å². The van der Waals surface area contributed by atoms with Gasteiger partial charge in [0.2, 0.25) is 0 Å². The third kappa shape index (κ3) is 4.22. The monoisotopic (exact) mass is 356 g/mol. The molecule has 0 saturated heterocycles. The van der Waals surface area contributed by atoms with Crippen LogP contribution in [-0.4, -0.2) is 47.3 Å². The van der Waals surface area contributed by atoms with Gasteiger partial charge in [0.05, 0.1) is 25.3 Å². The minimum absolute atomic E-state index is 0.0121. The molecule has 2 N–H and O–H groups in total. The number of quaternary nitrogens is 1. The molecule has 0 saturated carbocycles. The molecule has 0 aliphatic rings. The number of carbonyl (C=O) groups excluding carboxylic acids is 2. The minimum atomic E-state index is 0.0121. The van der Waals surface area contributed by atoms with Crippen molar-refractivity contribution < 1.29 is 14.1 Å². The Morgan fingerprint density at radius 3 is 2.23 bits per heavy atom. The number of anilines is 1. The Labute approximate surface area is 156 Å². The molecule has 1 aromatic heterocycles. The van der Waals surface area contributed by atoms with Crippen LogP contribution < -0.4 is 5.32 Å². The number of amides is 1. The number of nitrogens with one attached hydrogen (secondary N) is 2. The van der Waals surface area contributed by atoms with E-state index in [0.717, 1.165) is 46.8 Å². The SMILES string of the molecule is CC[N+](CC)(CC)CC(=O)Nc1ccccc1-c1cc(C(C)=O)c(C)[nH]1. The number of carbonyl (C=O) groups is 2. The second kappa shape index (κ2) is 8.32. The number of Topliss-reactive ketones (excluding diaryl/α,β-unsaturated/α-hetero) is 1. The summed E-state index contributed by atoms with van der Waals surface area (Å²) in [4.78, 5) is 27.7. The van der Waals surface area contributed by atoms with Gasteiger partial charge in [-0.05, 0) is 46.8 Å². The predicted molar refractivity (Wildman–Crippen MR) is 106 cm³/mol. The molecule has 1 amide bonds. The number of likely N-dealkylation sites (N-methyl/N-ethyl adjacent to an activating group) is 1. The van der Waals surface area contributed by atoms with E-state index in [4.69, 9.17) is 0 Å². The topological polar surface area (TPSA) is 62.0 Å². The van der Waals surface area contributed by atoms with Gasteiger partial charge in [0.25, 0.3) is 5.91 Å². The molecule has 5 heteroatoms. The van der Waals surface area contributed by atoms with Gasteiger partial charge in [-0.1, -0.05) is 18.2 Å². The first-order valence-corrected chi connectivity index (χ1v) is 9.30. The predicted octanol–water partition coefficient (Wildman–Crippen LogP) is 4.01. The summed E-state index contributed by atoms with van der Waals surface area (Å²) in [6.45, 7) is 13.1. The van der Waals surface area contributed by atoms with E-state index < -0.39 is 0 Å². The second-order valence-corrected chi connectivity index (χ2v) is 6.82. The molecule has 2 aromatic rings. The molecule has 26 heavy (non-hydrogen) atoms. The number of H-pyrrole nitrogens is 1. The molecule has 0 aliphatic carbocycles. The molecular formula is C21H30N3O2+. The van der Waals surface area contributed by atoms with Crippen molar-refractivity contribution in [2.75, 3.05) is 31.5 Å². The third-order valence-corrected chi connectivity index (χ3v) is 5.38. The van der Waals surface area contributed by atoms with Gasteiger partial charge in [0.1, 0.15) is 0 Å². The Morgan fingerprint density at radius 1 is 1.08 bits per heavy atom. The number of ketones is 1. The number of aromatic nitrogens is 1. The highest BCUT2D eigenvalue weighted by Gasteiger charge is 2.25. The normalized spacial score (nSPS) is 11.4. The summed E-state index contributed by atoms with van der Waals surface area (Å²) in [5.41, 5.74) is 4.01. The minimum Gasteiger partial charge on any atom is -0.358 e. The summed E-state index contributed by atoms with van der Waals surface area (Å²) in [7, 11) is 0. The van der Waals surface area contributed by atoms with Crippen LogP contribution in [0, 0.1) is 6.92 Å². The van der Waals surface area contributed by atoms with Gasteiger partial charge in [-0.25, -0.2) is 0 Å². The van der Waals surface area contributed by atoms with Crippen molar-refractivity contribution in [3.05, 3.63) is 41.6 Å². The van der Waals surface area contributed by atoms with Gasteiger partial charge in [-0.3, -0.25) is 9.59 Å². The first-order valence-electron chi connectivity index (χ1n) is 9.30. The highest BCUT2D eigenvalue weighted by atomic mass is 16.2. The zero-order valence-corrected chi connectivity index (χ0v) is 16.5. The van der Waals surface area contributed by atoms with Crippen molar-refractivity contribution in [1.82, 2.24) is 4.98 Å². The zero-order chi connectivity index (χ0) is 19.3. The molecular weight excluding hydrogens is 326 g/mol. The molecule has 1 heterocycles. The van der Waals surface area contributed by atoms with Crippen LogP contribution in [-0.2, 0) is 4.79 Å². The highest BCUT2D eigenvalue weighted by Crippen LogP contribution is 2.29. The van der Waals surface area contributed by atoms with Crippen molar-refractivity contribution in [3.63, 3.8) is 0 Å². The van der Waals surface area contributed by atoms with E-state index in [2.05, 4.69) is 31.1 Å². The molecule has 2 rings (SSSR count). The number of benzene rings is 1. The molecule has 0 unspecified atom stereocenters. The Kier molecular flexibility index (Phi) is 6.37. The van der Waals surface area contributed by atoms with Gasteiger partial charge in [0.15, 0.2) is 12.3 Å². The molecule has 0 bridgehead atoms. The molecule has 140 valence electrons. The van der Waals surface area contributed by atoms with Crippen LogP contribution in [0.4, 0.5) is 5.69 Å². The maximum Gasteiger partial charge on any atom is 0.279 e. The van der Waals surface area contributed by atoms with Crippen molar-refractivity contribution in [1.29, 1.82) is 0 Å². The molecule has 0 radical (unpaired) electrons. The van der Waals surface area contributed by atoms with Crippen LogP contribution in [0.3, 0.4) is 0 Å². The Morgan fingerprint density at radius 2 is 1.69 bits per heavy atom. The number of para-hydroxylation sites is 1. The lowest BCUT2D eigenvalue weighted by atomic mass is 10.1. The fourth-order valence-corrected chi connectivity index (χ4v) is 3.40. The van der Waals surface area contributed by atoms with Crippen molar-refractivity contribution in [2.24, 2.45) is 0 Å². The average Bonchev–Trinajstić information content (AvgIpc) is 3.02. The van der Waals surface area contributed by atoms with E-state index in [9.17, 15) is 9.59 Å². The average molecular weight is 356 g/mol. The highest BCUT2D eigenvalue weighted by molar-refractivity contribution is 5.99. The van der Waals surface area contributed by atoms with Crippen LogP contribution in [0.5, 0.6) is 0 Å². The van der Waals surface area contributed by atoms with Gasteiger partial charge in [-0.2, -0.15) is 0 Å². The molecule has 0 fully saturated rings. The Bertz CT molecular complexity index is 780. The number of hydrogen-bond acceptors (Lipinski definition) is 2. The largest absolute Gasteiger partial charge is 0.358 e. The third-order valence-electron chi connectivity index (χ3n) is 5.38. The van der Waals surface area contributed by atoms with Crippen LogP contribution in [0.25, 0.3) is 11.3 Å². The molecule has 1 aromatic carbocycles. The smallest absolute Gasteiger partial charge is 0.279 e. The van der Waals surface area contributed by atoms with Gasteiger partial charge >= 0.3 is 0 Å². The van der Waals surface area contributed by atoms with E-state index in [1.165, 1.54) is 0 Å². The lowest BCUT2D eigenvalue weighted by Crippen LogP contribution is -2.51. The fourth-order valence-electron chi connectivity index (χ4n) is 3.40. The van der Waals surface area contributed by atoms with E-state index in [1.54, 1.807) is 6.92 Å². The molecule has 0 atom stereocenters. The standard InChI is InChI=1S/C21H29N3O2/c1-6-24(7-2,8-3)14-21(26)23-19-12-10-9-11-17(19)20-13-18(16(5)25)15(4)22-20/h9-13H,6-8,14H2,1-5H3,(H-,22,23,25,26)/p+1. The number of aryl methyl sites for hydroxylation is 1. The van der Waals surface area contributed by atoms with E-state index in [1.807, 2.05) is 37.3 Å². The van der Waals surface area contributed by atoms with Crippen LogP contribution in [0.1, 0.15) is 43.7 Å². The number of aromatic amines is 1. The van der Waals surface area contributed by atoms with Crippen molar-refractivity contribution in [3.8, 4) is 11.3 Å². The Balaban J connectivity index is 2.28.